The van der Waals surface area contributed by atoms with Crippen LogP contribution < -0.4 is 0 Å². The molecule has 0 aliphatic rings. The zero-order valence-electron chi connectivity index (χ0n) is 11.5. The lowest BCUT2D eigenvalue weighted by Gasteiger charge is -2.11. The Hall–Kier alpha value is -2.36. The van der Waals surface area contributed by atoms with Crippen molar-refractivity contribution in [1.82, 2.24) is 0 Å². The highest BCUT2D eigenvalue weighted by atomic mass is 16.5. The highest BCUT2D eigenvalue weighted by molar-refractivity contribution is 5.88. The minimum absolute atomic E-state index is 0.240. The number of ether oxygens (including phenoxy) is 2. The highest BCUT2D eigenvalue weighted by Gasteiger charge is 2.08. The molecule has 4 heteroatoms. The van der Waals surface area contributed by atoms with Crippen LogP contribution in [0.2, 0.25) is 0 Å². The number of fused-ring (bicyclic) bond motifs is 1. The van der Waals surface area contributed by atoms with Crippen molar-refractivity contribution in [1.29, 1.82) is 0 Å². The number of benzene rings is 2. The summed E-state index contributed by atoms with van der Waals surface area (Å²) in [6.07, 6.45) is 0. The van der Waals surface area contributed by atoms with Crippen molar-refractivity contribution in [2.45, 2.75) is 27.1 Å². The Balaban J connectivity index is 2.36. The molecule has 4 nitrogen and oxygen atoms in total. The van der Waals surface area contributed by atoms with Crippen LogP contribution >= 0.6 is 0 Å². The van der Waals surface area contributed by atoms with E-state index in [0.29, 0.717) is 0 Å². The zero-order chi connectivity index (χ0) is 14.5. The Bertz CT molecular complexity index is 589. The maximum Gasteiger partial charge on any atom is 0.302 e. The molecule has 0 saturated heterocycles. The SMILES string of the molecule is CC(=O)OCc1ccc(COC(C)=O)c2ccccc12. The van der Waals surface area contributed by atoms with E-state index in [4.69, 9.17) is 9.47 Å². The normalized spacial score (nSPS) is 10.3. The minimum Gasteiger partial charge on any atom is -0.461 e. The van der Waals surface area contributed by atoms with Crippen LogP contribution in [0, 0.1) is 0 Å². The van der Waals surface area contributed by atoms with E-state index in [1.807, 2.05) is 36.4 Å². The molecule has 2 aromatic rings. The van der Waals surface area contributed by atoms with Gasteiger partial charge in [-0.05, 0) is 21.9 Å². The first kappa shape index (κ1) is 14.1. The second-order valence-electron chi connectivity index (χ2n) is 4.49. The van der Waals surface area contributed by atoms with E-state index >= 15 is 0 Å². The van der Waals surface area contributed by atoms with Crippen LogP contribution in [0.25, 0.3) is 10.8 Å². The summed E-state index contributed by atoms with van der Waals surface area (Å²) in [4.78, 5) is 21.8. The number of hydrogen-bond donors (Lipinski definition) is 0. The molecule has 0 unspecified atom stereocenters. The van der Waals surface area contributed by atoms with Crippen LogP contribution in [0.4, 0.5) is 0 Å². The summed E-state index contributed by atoms with van der Waals surface area (Å²) in [6.45, 7) is 3.25. The van der Waals surface area contributed by atoms with E-state index in [1.54, 1.807) is 0 Å². The summed E-state index contributed by atoms with van der Waals surface area (Å²) in [5, 5.41) is 2.00. The van der Waals surface area contributed by atoms with Gasteiger partial charge in [0.2, 0.25) is 0 Å². The van der Waals surface area contributed by atoms with Gasteiger partial charge in [-0.15, -0.1) is 0 Å². The van der Waals surface area contributed by atoms with Gasteiger partial charge in [0.25, 0.3) is 0 Å². The Labute approximate surface area is 117 Å². The van der Waals surface area contributed by atoms with E-state index in [2.05, 4.69) is 0 Å². The van der Waals surface area contributed by atoms with Gasteiger partial charge in [0, 0.05) is 13.8 Å². The molecule has 0 spiro atoms. The average molecular weight is 272 g/mol. The van der Waals surface area contributed by atoms with Crippen LogP contribution in [0.3, 0.4) is 0 Å². The molecule has 0 aliphatic carbocycles. The lowest BCUT2D eigenvalue weighted by atomic mass is 10.0. The largest absolute Gasteiger partial charge is 0.461 e. The van der Waals surface area contributed by atoms with Crippen molar-refractivity contribution in [3.8, 4) is 0 Å². The summed E-state index contributed by atoms with van der Waals surface area (Å²) in [7, 11) is 0. The Morgan fingerprint density at radius 1 is 0.800 bits per heavy atom. The topological polar surface area (TPSA) is 52.6 Å². The van der Waals surface area contributed by atoms with Crippen molar-refractivity contribution in [3.63, 3.8) is 0 Å². The van der Waals surface area contributed by atoms with Gasteiger partial charge in [0.1, 0.15) is 13.2 Å². The van der Waals surface area contributed by atoms with E-state index < -0.39 is 0 Å². The molecule has 0 heterocycles. The molecule has 2 aromatic carbocycles. The second kappa shape index (κ2) is 6.19. The van der Waals surface area contributed by atoms with Crippen LogP contribution in [-0.4, -0.2) is 11.9 Å². The molecule has 0 atom stereocenters. The number of carbonyl (C=O) groups is 2. The van der Waals surface area contributed by atoms with Crippen molar-refractivity contribution in [2.24, 2.45) is 0 Å². The molecule has 0 bridgehead atoms. The summed E-state index contributed by atoms with van der Waals surface area (Å²) in [6, 6.07) is 11.6. The first-order valence-electron chi connectivity index (χ1n) is 6.34. The third-order valence-electron chi connectivity index (χ3n) is 2.97. The van der Waals surface area contributed by atoms with Gasteiger partial charge < -0.3 is 9.47 Å². The number of carbonyl (C=O) groups excluding carboxylic acids is 2. The number of rotatable bonds is 4. The van der Waals surface area contributed by atoms with Gasteiger partial charge in [-0.3, -0.25) is 9.59 Å². The Kier molecular flexibility index (Phi) is 4.35. The second-order valence-corrected chi connectivity index (χ2v) is 4.49. The molecule has 20 heavy (non-hydrogen) atoms. The fourth-order valence-electron chi connectivity index (χ4n) is 2.03. The van der Waals surface area contributed by atoms with E-state index in [-0.39, 0.29) is 25.2 Å². The monoisotopic (exact) mass is 272 g/mol. The molecule has 104 valence electrons. The molecular formula is C16H16O4. The average Bonchev–Trinajstić information content (AvgIpc) is 2.43. The molecule has 0 aliphatic heterocycles. The van der Waals surface area contributed by atoms with E-state index in [1.165, 1.54) is 13.8 Å². The maximum atomic E-state index is 10.9. The first-order chi connectivity index (χ1) is 9.58. The maximum absolute atomic E-state index is 10.9. The summed E-state index contributed by atoms with van der Waals surface area (Å²) in [5.41, 5.74) is 1.87. The van der Waals surface area contributed by atoms with Crippen molar-refractivity contribution in [3.05, 3.63) is 47.5 Å². The lowest BCUT2D eigenvalue weighted by molar-refractivity contribution is -0.143. The number of hydrogen-bond acceptors (Lipinski definition) is 4. The molecule has 0 fully saturated rings. The molecule has 0 amide bonds. The van der Waals surface area contributed by atoms with E-state index in [9.17, 15) is 9.59 Å². The van der Waals surface area contributed by atoms with E-state index in [0.717, 1.165) is 21.9 Å². The van der Waals surface area contributed by atoms with Crippen molar-refractivity contribution >= 4 is 22.7 Å². The third-order valence-corrected chi connectivity index (χ3v) is 2.97. The van der Waals surface area contributed by atoms with Gasteiger partial charge in [0.15, 0.2) is 0 Å². The molecule has 2 rings (SSSR count). The predicted molar refractivity (Wildman–Crippen MR) is 74.9 cm³/mol. The van der Waals surface area contributed by atoms with Gasteiger partial charge in [-0.1, -0.05) is 36.4 Å². The van der Waals surface area contributed by atoms with Gasteiger partial charge in [-0.25, -0.2) is 0 Å². The molecular weight excluding hydrogens is 256 g/mol. The Morgan fingerprint density at radius 2 is 1.20 bits per heavy atom. The molecule has 0 aromatic heterocycles. The van der Waals surface area contributed by atoms with Gasteiger partial charge in [-0.2, -0.15) is 0 Å². The fraction of sp³-hybridized carbons (Fsp3) is 0.250. The van der Waals surface area contributed by atoms with Crippen LogP contribution in [-0.2, 0) is 32.3 Å². The summed E-state index contributed by atoms with van der Waals surface area (Å²) < 4.78 is 10.1. The first-order valence-corrected chi connectivity index (χ1v) is 6.34. The number of esters is 2. The summed E-state index contributed by atoms with van der Waals surface area (Å²) >= 11 is 0. The van der Waals surface area contributed by atoms with Crippen LogP contribution in [0.5, 0.6) is 0 Å². The molecule has 0 radical (unpaired) electrons. The third kappa shape index (κ3) is 3.35. The quantitative estimate of drug-likeness (QED) is 0.803. The van der Waals surface area contributed by atoms with Crippen molar-refractivity contribution < 1.29 is 19.1 Å². The minimum atomic E-state index is -0.307. The van der Waals surface area contributed by atoms with Crippen LogP contribution in [0.15, 0.2) is 36.4 Å². The standard InChI is InChI=1S/C16H16O4/c1-11(17)19-9-13-7-8-14(10-20-12(2)18)16-6-4-3-5-15(13)16/h3-8H,9-10H2,1-2H3. The fourth-order valence-corrected chi connectivity index (χ4v) is 2.03. The van der Waals surface area contributed by atoms with Crippen LogP contribution in [0.1, 0.15) is 25.0 Å². The molecule has 0 N–H and O–H groups in total. The summed E-state index contributed by atoms with van der Waals surface area (Å²) in [5.74, 6) is -0.615. The highest BCUT2D eigenvalue weighted by Crippen LogP contribution is 2.24. The zero-order valence-corrected chi connectivity index (χ0v) is 11.5. The predicted octanol–water partition coefficient (Wildman–Crippen LogP) is 2.97. The Morgan fingerprint density at radius 3 is 1.55 bits per heavy atom. The smallest absolute Gasteiger partial charge is 0.302 e. The lowest BCUT2D eigenvalue weighted by Crippen LogP contribution is -2.02. The molecule has 0 saturated carbocycles. The van der Waals surface area contributed by atoms with Crippen molar-refractivity contribution in [2.75, 3.05) is 0 Å². The van der Waals surface area contributed by atoms with Gasteiger partial charge >= 0.3 is 11.9 Å². The van der Waals surface area contributed by atoms with Gasteiger partial charge in [0.05, 0.1) is 0 Å².